The Labute approximate surface area is 115 Å². The van der Waals surface area contributed by atoms with Crippen LogP contribution in [-0.4, -0.2) is 22.5 Å². The Morgan fingerprint density at radius 1 is 1.32 bits per heavy atom. The van der Waals surface area contributed by atoms with Crippen molar-refractivity contribution in [2.45, 2.75) is 44.1 Å². The molecule has 2 N–H and O–H groups in total. The Bertz CT molecular complexity index is 477. The predicted octanol–water partition coefficient (Wildman–Crippen LogP) is 2.84. The van der Waals surface area contributed by atoms with Crippen LogP contribution in [0.2, 0.25) is 5.22 Å². The molecule has 19 heavy (non-hydrogen) atoms. The number of furan rings is 1. The average molecular weight is 286 g/mol. The third-order valence-corrected chi connectivity index (χ3v) is 3.68. The number of rotatable bonds is 4. The van der Waals surface area contributed by atoms with Crippen molar-refractivity contribution in [3.05, 3.63) is 23.1 Å². The summed E-state index contributed by atoms with van der Waals surface area (Å²) in [6, 6.07) is 2.97. The summed E-state index contributed by atoms with van der Waals surface area (Å²) in [5, 5.41) is 12.0. The van der Waals surface area contributed by atoms with Gasteiger partial charge in [-0.3, -0.25) is 9.59 Å². The van der Waals surface area contributed by atoms with Gasteiger partial charge in [-0.1, -0.05) is 19.3 Å². The Hall–Kier alpha value is -1.49. The van der Waals surface area contributed by atoms with Crippen molar-refractivity contribution in [2.75, 3.05) is 0 Å². The monoisotopic (exact) mass is 285 g/mol. The minimum absolute atomic E-state index is 0.0623. The molecule has 6 heteroatoms. The second-order valence-electron chi connectivity index (χ2n) is 4.97. The first-order valence-corrected chi connectivity index (χ1v) is 6.68. The summed E-state index contributed by atoms with van der Waals surface area (Å²) in [4.78, 5) is 23.1. The molecule has 5 nitrogen and oxygen atoms in total. The Morgan fingerprint density at radius 2 is 2.00 bits per heavy atom. The van der Waals surface area contributed by atoms with Gasteiger partial charge in [0.15, 0.2) is 11.0 Å². The Kier molecular flexibility index (Phi) is 4.14. The molecule has 0 radical (unpaired) electrons. The zero-order chi connectivity index (χ0) is 13.9. The molecule has 1 amide bonds. The molecule has 104 valence electrons. The normalized spacial score (nSPS) is 17.9. The number of hydrogen-bond donors (Lipinski definition) is 2. The highest BCUT2D eigenvalue weighted by molar-refractivity contribution is 6.29. The first-order valence-electron chi connectivity index (χ1n) is 6.30. The fraction of sp³-hybridized carbons (Fsp3) is 0.538. The van der Waals surface area contributed by atoms with E-state index in [-0.39, 0.29) is 17.4 Å². The lowest BCUT2D eigenvalue weighted by Crippen LogP contribution is -2.51. The number of nitrogens with one attached hydrogen (secondary N) is 1. The summed E-state index contributed by atoms with van der Waals surface area (Å²) in [5.41, 5.74) is -0.666. The molecule has 1 aliphatic rings. The van der Waals surface area contributed by atoms with E-state index >= 15 is 0 Å². The summed E-state index contributed by atoms with van der Waals surface area (Å²) in [7, 11) is 0. The van der Waals surface area contributed by atoms with Crippen LogP contribution >= 0.6 is 11.6 Å². The summed E-state index contributed by atoms with van der Waals surface area (Å²) in [5.74, 6) is -1.20. The molecule has 1 heterocycles. The van der Waals surface area contributed by atoms with Crippen LogP contribution in [0.1, 0.15) is 49.1 Å². The molecule has 0 saturated heterocycles. The van der Waals surface area contributed by atoms with E-state index < -0.39 is 17.4 Å². The van der Waals surface area contributed by atoms with E-state index in [1.807, 2.05) is 0 Å². The molecule has 0 aliphatic heterocycles. The molecular formula is C13H16ClNO4. The second-order valence-corrected chi connectivity index (χ2v) is 5.34. The molecule has 0 atom stereocenters. The third-order valence-electron chi connectivity index (χ3n) is 3.48. The topological polar surface area (TPSA) is 79.5 Å². The quantitative estimate of drug-likeness (QED) is 0.891. The van der Waals surface area contributed by atoms with E-state index in [9.17, 15) is 9.59 Å². The Morgan fingerprint density at radius 3 is 2.53 bits per heavy atom. The summed E-state index contributed by atoms with van der Waals surface area (Å²) >= 11 is 5.63. The van der Waals surface area contributed by atoms with Gasteiger partial charge in [0.05, 0.1) is 12.0 Å². The SMILES string of the molecule is O=C(O)CC1(NC(=O)c2ccc(Cl)o2)CCCCC1. The molecule has 2 rings (SSSR count). The van der Waals surface area contributed by atoms with E-state index in [2.05, 4.69) is 5.32 Å². The van der Waals surface area contributed by atoms with Gasteiger partial charge >= 0.3 is 5.97 Å². The van der Waals surface area contributed by atoms with Crippen LogP contribution in [0, 0.1) is 0 Å². The molecule has 1 aliphatic carbocycles. The number of carboxylic acid groups (broad SMARTS) is 1. The largest absolute Gasteiger partial charge is 0.481 e. The maximum absolute atomic E-state index is 12.1. The van der Waals surface area contributed by atoms with E-state index in [1.54, 1.807) is 0 Å². The lowest BCUT2D eigenvalue weighted by atomic mass is 9.79. The molecular weight excluding hydrogens is 270 g/mol. The van der Waals surface area contributed by atoms with Gasteiger partial charge in [0.25, 0.3) is 5.91 Å². The van der Waals surface area contributed by atoms with E-state index in [1.165, 1.54) is 12.1 Å². The number of halogens is 1. The number of carbonyl (C=O) groups is 2. The number of carboxylic acids is 1. The number of carbonyl (C=O) groups excluding carboxylic acids is 1. The molecule has 1 fully saturated rings. The van der Waals surface area contributed by atoms with Crippen molar-refractivity contribution in [1.82, 2.24) is 5.32 Å². The molecule has 0 aromatic carbocycles. The third kappa shape index (κ3) is 3.50. The van der Waals surface area contributed by atoms with E-state index in [0.29, 0.717) is 12.8 Å². The molecule has 0 spiro atoms. The van der Waals surface area contributed by atoms with Crippen molar-refractivity contribution >= 4 is 23.5 Å². The van der Waals surface area contributed by atoms with Crippen molar-refractivity contribution < 1.29 is 19.1 Å². The van der Waals surface area contributed by atoms with Gasteiger partial charge in [-0.2, -0.15) is 0 Å². The second kappa shape index (κ2) is 5.65. The van der Waals surface area contributed by atoms with Crippen molar-refractivity contribution in [2.24, 2.45) is 0 Å². The van der Waals surface area contributed by atoms with Crippen molar-refractivity contribution in [3.63, 3.8) is 0 Å². The highest BCUT2D eigenvalue weighted by Gasteiger charge is 2.36. The van der Waals surface area contributed by atoms with Gasteiger partial charge in [-0.05, 0) is 36.6 Å². The van der Waals surface area contributed by atoms with Gasteiger partial charge in [0.2, 0.25) is 0 Å². The molecule has 0 bridgehead atoms. The van der Waals surface area contributed by atoms with Crippen molar-refractivity contribution in [1.29, 1.82) is 0 Å². The van der Waals surface area contributed by atoms with Gasteiger partial charge < -0.3 is 14.8 Å². The summed E-state index contributed by atoms with van der Waals surface area (Å²) in [6.07, 6.45) is 4.22. The number of hydrogen-bond acceptors (Lipinski definition) is 3. The zero-order valence-electron chi connectivity index (χ0n) is 10.4. The van der Waals surface area contributed by atoms with Crippen molar-refractivity contribution in [3.8, 4) is 0 Å². The Balaban J connectivity index is 2.11. The van der Waals surface area contributed by atoms with Gasteiger partial charge in [0, 0.05) is 0 Å². The summed E-state index contributed by atoms with van der Waals surface area (Å²) in [6.45, 7) is 0. The molecule has 0 unspecified atom stereocenters. The van der Waals surface area contributed by atoms with E-state index in [0.717, 1.165) is 19.3 Å². The molecule has 1 aromatic rings. The fourth-order valence-corrected chi connectivity index (χ4v) is 2.75. The van der Waals surface area contributed by atoms with Crippen LogP contribution in [0.3, 0.4) is 0 Å². The lowest BCUT2D eigenvalue weighted by molar-refractivity contribution is -0.139. The standard InChI is InChI=1S/C13H16ClNO4/c14-10-5-4-9(19-10)12(18)15-13(8-11(16)17)6-2-1-3-7-13/h4-5H,1-3,6-8H2,(H,15,18)(H,16,17). The van der Waals surface area contributed by atoms with Gasteiger partial charge in [-0.15, -0.1) is 0 Å². The molecule has 1 saturated carbocycles. The van der Waals surface area contributed by atoms with Crippen LogP contribution in [0.15, 0.2) is 16.5 Å². The number of amides is 1. The average Bonchev–Trinajstić information content (AvgIpc) is 2.76. The van der Waals surface area contributed by atoms with E-state index in [4.69, 9.17) is 21.1 Å². The van der Waals surface area contributed by atoms with Crippen LogP contribution in [0.4, 0.5) is 0 Å². The smallest absolute Gasteiger partial charge is 0.305 e. The lowest BCUT2D eigenvalue weighted by Gasteiger charge is -2.36. The van der Waals surface area contributed by atoms with Crippen LogP contribution in [-0.2, 0) is 4.79 Å². The fourth-order valence-electron chi connectivity index (χ4n) is 2.60. The zero-order valence-corrected chi connectivity index (χ0v) is 11.2. The predicted molar refractivity (Wildman–Crippen MR) is 69.3 cm³/mol. The summed E-state index contributed by atoms with van der Waals surface area (Å²) < 4.78 is 5.04. The minimum Gasteiger partial charge on any atom is -0.481 e. The highest BCUT2D eigenvalue weighted by Crippen LogP contribution is 2.31. The van der Waals surface area contributed by atoms with Gasteiger partial charge in [0.1, 0.15) is 0 Å². The maximum atomic E-state index is 12.1. The van der Waals surface area contributed by atoms with Crippen LogP contribution in [0.25, 0.3) is 0 Å². The van der Waals surface area contributed by atoms with Gasteiger partial charge in [-0.25, -0.2) is 0 Å². The first-order chi connectivity index (χ1) is 9.01. The minimum atomic E-state index is -0.903. The maximum Gasteiger partial charge on any atom is 0.305 e. The number of aliphatic carboxylic acids is 1. The molecule has 1 aromatic heterocycles. The van der Waals surface area contributed by atoms with Crippen LogP contribution < -0.4 is 5.32 Å². The highest BCUT2D eigenvalue weighted by atomic mass is 35.5. The van der Waals surface area contributed by atoms with Crippen LogP contribution in [0.5, 0.6) is 0 Å². The first kappa shape index (κ1) is 13.9.